The first-order valence-corrected chi connectivity index (χ1v) is 8.04. The predicted molar refractivity (Wildman–Crippen MR) is 85.3 cm³/mol. The number of hydrogen-bond acceptors (Lipinski definition) is 4. The van der Waals surface area contributed by atoms with E-state index in [1.807, 2.05) is 35.6 Å². The van der Waals surface area contributed by atoms with E-state index in [0.29, 0.717) is 12.6 Å². The minimum absolute atomic E-state index is 0.170. The van der Waals surface area contributed by atoms with E-state index in [4.69, 9.17) is 4.74 Å². The van der Waals surface area contributed by atoms with Crippen LogP contribution in [0, 0.1) is 0 Å². The Morgan fingerprint density at radius 1 is 1.33 bits per heavy atom. The first-order valence-electron chi connectivity index (χ1n) is 7.16. The number of hydrogen-bond donors (Lipinski definition) is 0. The molecule has 1 aromatic heterocycles. The van der Waals surface area contributed by atoms with Gasteiger partial charge in [-0.25, -0.2) is 0 Å². The molecule has 0 saturated heterocycles. The zero-order valence-corrected chi connectivity index (χ0v) is 13.2. The van der Waals surface area contributed by atoms with Gasteiger partial charge in [-0.15, -0.1) is 11.3 Å². The Kier molecular flexibility index (Phi) is 4.08. The molecule has 0 spiro atoms. The fourth-order valence-corrected chi connectivity index (χ4v) is 3.79. The summed E-state index contributed by atoms with van der Waals surface area (Å²) in [7, 11) is 1.63. The Morgan fingerprint density at radius 3 is 2.81 bits per heavy atom. The van der Waals surface area contributed by atoms with Crippen LogP contribution in [0.2, 0.25) is 0 Å². The van der Waals surface area contributed by atoms with Crippen LogP contribution in [-0.4, -0.2) is 30.9 Å². The quantitative estimate of drug-likeness (QED) is 0.809. The Bertz CT molecular complexity index is 632. The van der Waals surface area contributed by atoms with E-state index in [1.165, 1.54) is 10.4 Å². The van der Waals surface area contributed by atoms with Crippen LogP contribution in [0.5, 0.6) is 5.75 Å². The number of fused-ring (bicyclic) bond motifs is 1. The second-order valence-electron chi connectivity index (χ2n) is 5.35. The topological polar surface area (TPSA) is 29.5 Å². The summed E-state index contributed by atoms with van der Waals surface area (Å²) >= 11 is 1.83. The number of nitrogens with zero attached hydrogens (tertiary/aromatic N) is 1. The number of benzene rings is 1. The molecule has 2 heterocycles. The zero-order valence-electron chi connectivity index (χ0n) is 12.3. The number of thiophene rings is 1. The third-order valence-electron chi connectivity index (χ3n) is 4.16. The van der Waals surface area contributed by atoms with Crippen LogP contribution >= 0.6 is 11.3 Å². The van der Waals surface area contributed by atoms with Crippen molar-refractivity contribution in [3.05, 3.63) is 51.7 Å². The van der Waals surface area contributed by atoms with E-state index in [9.17, 15) is 4.79 Å². The molecule has 0 bridgehead atoms. The third-order valence-corrected chi connectivity index (χ3v) is 5.16. The van der Waals surface area contributed by atoms with E-state index in [-0.39, 0.29) is 5.78 Å². The fraction of sp³-hybridized carbons (Fsp3) is 0.353. The number of carbonyl (C=O) groups is 1. The van der Waals surface area contributed by atoms with Crippen LogP contribution in [0.25, 0.3) is 0 Å². The molecule has 3 rings (SSSR count). The van der Waals surface area contributed by atoms with Crippen molar-refractivity contribution in [3.63, 3.8) is 0 Å². The summed E-state index contributed by atoms with van der Waals surface area (Å²) in [6.07, 6.45) is 1.05. The Hall–Kier alpha value is -1.65. The van der Waals surface area contributed by atoms with Gasteiger partial charge in [-0.3, -0.25) is 9.69 Å². The molecule has 1 aliphatic rings. The third kappa shape index (κ3) is 2.87. The van der Waals surface area contributed by atoms with Gasteiger partial charge in [-0.2, -0.15) is 0 Å². The molecule has 1 atom stereocenters. The first kappa shape index (κ1) is 14.3. The van der Waals surface area contributed by atoms with Crippen molar-refractivity contribution >= 4 is 17.1 Å². The standard InChI is InChI=1S/C17H19NO2S/c1-12-15-8-10-21-17(15)7-9-18(12)11-16(19)13-3-5-14(20-2)6-4-13/h3-6,8,10,12H,7,9,11H2,1-2H3. The maximum Gasteiger partial charge on any atom is 0.176 e. The lowest BCUT2D eigenvalue weighted by molar-refractivity contribution is 0.0891. The molecular weight excluding hydrogens is 282 g/mol. The van der Waals surface area contributed by atoms with Crippen LogP contribution in [0.4, 0.5) is 0 Å². The maximum atomic E-state index is 12.4. The number of ketones is 1. The molecule has 0 aliphatic carbocycles. The lowest BCUT2D eigenvalue weighted by Gasteiger charge is -2.32. The highest BCUT2D eigenvalue weighted by atomic mass is 32.1. The van der Waals surface area contributed by atoms with Crippen molar-refractivity contribution in [2.24, 2.45) is 0 Å². The average molecular weight is 301 g/mol. The minimum atomic E-state index is 0.170. The smallest absolute Gasteiger partial charge is 0.176 e. The SMILES string of the molecule is COc1ccc(C(=O)CN2CCc3sccc3C2C)cc1. The van der Waals surface area contributed by atoms with Crippen LogP contribution in [0.3, 0.4) is 0 Å². The van der Waals surface area contributed by atoms with Crippen molar-refractivity contribution in [2.75, 3.05) is 20.2 Å². The molecule has 3 nitrogen and oxygen atoms in total. The monoisotopic (exact) mass is 301 g/mol. The van der Waals surface area contributed by atoms with Gasteiger partial charge in [0.25, 0.3) is 0 Å². The van der Waals surface area contributed by atoms with Gasteiger partial charge >= 0.3 is 0 Å². The van der Waals surface area contributed by atoms with Gasteiger partial charge in [0.05, 0.1) is 13.7 Å². The Labute approximate surface area is 129 Å². The second kappa shape index (κ2) is 6.00. The largest absolute Gasteiger partial charge is 0.497 e. The number of carbonyl (C=O) groups excluding carboxylic acids is 1. The summed E-state index contributed by atoms with van der Waals surface area (Å²) in [6, 6.07) is 9.86. The van der Waals surface area contributed by atoms with Crippen LogP contribution in [0.15, 0.2) is 35.7 Å². The van der Waals surface area contributed by atoms with Crippen LogP contribution < -0.4 is 4.74 Å². The van der Waals surface area contributed by atoms with Gasteiger partial charge in [-0.05, 0) is 54.6 Å². The molecule has 21 heavy (non-hydrogen) atoms. The van der Waals surface area contributed by atoms with E-state index in [2.05, 4.69) is 23.3 Å². The van der Waals surface area contributed by atoms with E-state index in [1.54, 1.807) is 7.11 Å². The van der Waals surface area contributed by atoms with Crippen molar-refractivity contribution in [1.29, 1.82) is 0 Å². The summed E-state index contributed by atoms with van der Waals surface area (Å²) in [5, 5.41) is 2.15. The van der Waals surface area contributed by atoms with E-state index >= 15 is 0 Å². The number of Topliss-reactive ketones (excluding diaryl/α,β-unsaturated/α-hetero) is 1. The minimum Gasteiger partial charge on any atom is -0.497 e. The fourth-order valence-electron chi connectivity index (χ4n) is 2.83. The molecule has 1 unspecified atom stereocenters. The average Bonchev–Trinajstić information content (AvgIpc) is 2.99. The van der Waals surface area contributed by atoms with Crippen molar-refractivity contribution in [1.82, 2.24) is 4.90 Å². The second-order valence-corrected chi connectivity index (χ2v) is 6.35. The van der Waals surface area contributed by atoms with Gasteiger partial charge in [0.1, 0.15) is 5.75 Å². The normalized spacial score (nSPS) is 18.3. The van der Waals surface area contributed by atoms with Crippen molar-refractivity contribution in [3.8, 4) is 5.75 Å². The zero-order chi connectivity index (χ0) is 14.8. The molecule has 110 valence electrons. The van der Waals surface area contributed by atoms with Crippen molar-refractivity contribution < 1.29 is 9.53 Å². The van der Waals surface area contributed by atoms with Crippen LogP contribution in [-0.2, 0) is 6.42 Å². The maximum absolute atomic E-state index is 12.4. The highest BCUT2D eigenvalue weighted by Crippen LogP contribution is 2.32. The van der Waals surface area contributed by atoms with Gasteiger partial charge in [0, 0.05) is 23.0 Å². The highest BCUT2D eigenvalue weighted by Gasteiger charge is 2.26. The van der Waals surface area contributed by atoms with Gasteiger partial charge in [-0.1, -0.05) is 0 Å². The molecule has 0 radical (unpaired) electrons. The molecule has 1 aromatic carbocycles. The summed E-state index contributed by atoms with van der Waals surface area (Å²) < 4.78 is 5.13. The summed E-state index contributed by atoms with van der Waals surface area (Å²) in [5.74, 6) is 0.948. The van der Waals surface area contributed by atoms with E-state index < -0.39 is 0 Å². The summed E-state index contributed by atoms with van der Waals surface area (Å²) in [5.41, 5.74) is 2.13. The van der Waals surface area contributed by atoms with Crippen LogP contribution in [0.1, 0.15) is 33.8 Å². The first-order chi connectivity index (χ1) is 10.2. The number of rotatable bonds is 4. The van der Waals surface area contributed by atoms with Gasteiger partial charge < -0.3 is 4.74 Å². The Morgan fingerprint density at radius 2 is 2.10 bits per heavy atom. The predicted octanol–water partition coefficient (Wildman–Crippen LogP) is 3.56. The molecule has 2 aromatic rings. The molecule has 0 fully saturated rings. The molecule has 0 saturated carbocycles. The molecule has 4 heteroatoms. The van der Waals surface area contributed by atoms with Gasteiger partial charge in [0.15, 0.2) is 5.78 Å². The summed E-state index contributed by atoms with van der Waals surface area (Å²) in [6.45, 7) is 3.62. The highest BCUT2D eigenvalue weighted by molar-refractivity contribution is 7.10. The number of methoxy groups -OCH3 is 1. The van der Waals surface area contributed by atoms with E-state index in [0.717, 1.165) is 24.3 Å². The molecule has 0 N–H and O–H groups in total. The lowest BCUT2D eigenvalue weighted by atomic mass is 10.0. The molecule has 1 aliphatic heterocycles. The molecular formula is C17H19NO2S. The van der Waals surface area contributed by atoms with Crippen molar-refractivity contribution in [2.45, 2.75) is 19.4 Å². The van der Waals surface area contributed by atoms with Gasteiger partial charge in [0.2, 0.25) is 0 Å². The number of ether oxygens (including phenoxy) is 1. The Balaban J connectivity index is 1.70. The summed E-state index contributed by atoms with van der Waals surface area (Å²) in [4.78, 5) is 16.2. The lowest BCUT2D eigenvalue weighted by Crippen LogP contribution is -2.37. The molecule has 0 amide bonds.